The molecule has 3 nitrogen and oxygen atoms in total. The van der Waals surface area contributed by atoms with Crippen molar-refractivity contribution in [1.29, 1.82) is 0 Å². The van der Waals surface area contributed by atoms with E-state index in [4.69, 9.17) is 15.0 Å². The summed E-state index contributed by atoms with van der Waals surface area (Å²) >= 11 is 1.83. The number of nitrogens with zero attached hydrogens (tertiary/aromatic N) is 3. The molecule has 0 amide bonds. The zero-order valence-corrected chi connectivity index (χ0v) is 21.7. The Balaban J connectivity index is 1.50. The van der Waals surface area contributed by atoms with Crippen molar-refractivity contribution in [2.45, 2.75) is 0 Å². The van der Waals surface area contributed by atoms with Crippen LogP contribution in [0.5, 0.6) is 0 Å². The molecule has 8 aromatic rings. The molecule has 39 heavy (non-hydrogen) atoms. The first-order chi connectivity index (χ1) is 19.3. The van der Waals surface area contributed by atoms with Crippen LogP contribution < -0.4 is 0 Å². The largest absolute Gasteiger partial charge is 0.244 e. The van der Waals surface area contributed by atoms with E-state index in [0.717, 1.165) is 44.5 Å². The van der Waals surface area contributed by atoms with Crippen molar-refractivity contribution in [3.63, 3.8) is 0 Å². The summed E-state index contributed by atoms with van der Waals surface area (Å²) in [7, 11) is 0. The minimum Gasteiger partial charge on any atom is -0.244 e. The maximum absolute atomic E-state index is 5.19. The summed E-state index contributed by atoms with van der Waals surface area (Å²) in [6.45, 7) is 0. The molecule has 0 bridgehead atoms. The number of para-hydroxylation sites is 1. The van der Waals surface area contributed by atoms with E-state index >= 15 is 0 Å². The lowest BCUT2D eigenvalue weighted by Crippen LogP contribution is -1.99. The van der Waals surface area contributed by atoms with Gasteiger partial charge in [-0.3, -0.25) is 0 Å². The fourth-order valence-electron chi connectivity index (χ4n) is 5.49. The fourth-order valence-corrected chi connectivity index (χ4v) is 6.61. The van der Waals surface area contributed by atoms with Gasteiger partial charge in [0.1, 0.15) is 5.69 Å². The summed E-state index contributed by atoms with van der Waals surface area (Å²) in [5, 5.41) is 5.96. The number of hydrogen-bond acceptors (Lipinski definition) is 4. The predicted molar refractivity (Wildman–Crippen MR) is 164 cm³/mol. The van der Waals surface area contributed by atoms with Crippen molar-refractivity contribution >= 4 is 53.2 Å². The zero-order chi connectivity index (χ0) is 25.8. The molecule has 0 saturated heterocycles. The van der Waals surface area contributed by atoms with Crippen LogP contribution in [-0.4, -0.2) is 15.0 Å². The zero-order valence-electron chi connectivity index (χ0n) is 20.9. The third-order valence-electron chi connectivity index (χ3n) is 7.28. The van der Waals surface area contributed by atoms with E-state index in [0.29, 0.717) is 5.82 Å². The van der Waals surface area contributed by atoms with Crippen LogP contribution in [-0.2, 0) is 0 Å². The van der Waals surface area contributed by atoms with E-state index in [1.807, 2.05) is 53.8 Å². The van der Waals surface area contributed by atoms with Crippen LogP contribution in [0.25, 0.3) is 75.9 Å². The first-order valence-corrected chi connectivity index (χ1v) is 13.8. The van der Waals surface area contributed by atoms with Crippen LogP contribution >= 0.6 is 11.3 Å². The van der Waals surface area contributed by atoms with E-state index in [-0.39, 0.29) is 0 Å². The molecule has 0 aliphatic heterocycles. The van der Waals surface area contributed by atoms with Crippen molar-refractivity contribution in [3.05, 3.63) is 127 Å². The van der Waals surface area contributed by atoms with Gasteiger partial charge in [0.05, 0.1) is 16.9 Å². The summed E-state index contributed by atoms with van der Waals surface area (Å²) < 4.78 is 2.56. The summed E-state index contributed by atoms with van der Waals surface area (Å²) in [4.78, 5) is 15.4. The summed E-state index contributed by atoms with van der Waals surface area (Å²) in [6, 6.07) is 44.1. The predicted octanol–water partition coefficient (Wildman–Crippen LogP) is 9.55. The molecule has 0 radical (unpaired) electrons. The minimum atomic E-state index is 0.629. The van der Waals surface area contributed by atoms with Gasteiger partial charge < -0.3 is 0 Å². The van der Waals surface area contributed by atoms with Crippen LogP contribution in [0, 0.1) is 0 Å². The van der Waals surface area contributed by atoms with Gasteiger partial charge in [0.2, 0.25) is 0 Å². The normalized spacial score (nSPS) is 11.6. The van der Waals surface area contributed by atoms with E-state index < -0.39 is 0 Å². The van der Waals surface area contributed by atoms with Crippen molar-refractivity contribution in [3.8, 4) is 34.0 Å². The smallest absolute Gasteiger partial charge is 0.179 e. The number of rotatable bonds is 3. The molecule has 182 valence electrons. The Labute approximate surface area is 229 Å². The van der Waals surface area contributed by atoms with Crippen LogP contribution in [0.15, 0.2) is 127 Å². The molecule has 4 heteroatoms. The van der Waals surface area contributed by atoms with Gasteiger partial charge >= 0.3 is 0 Å². The number of pyridine rings is 1. The van der Waals surface area contributed by atoms with E-state index in [9.17, 15) is 0 Å². The third kappa shape index (κ3) is 3.61. The monoisotopic (exact) mass is 515 g/mol. The maximum Gasteiger partial charge on any atom is 0.179 e. The molecule has 3 aromatic heterocycles. The Kier molecular flexibility index (Phi) is 5.00. The Morgan fingerprint density at radius 2 is 1.05 bits per heavy atom. The van der Waals surface area contributed by atoms with E-state index in [1.165, 1.54) is 25.6 Å². The van der Waals surface area contributed by atoms with Gasteiger partial charge in [-0.1, -0.05) is 103 Å². The van der Waals surface area contributed by atoms with Crippen molar-refractivity contribution in [2.75, 3.05) is 0 Å². The molecule has 0 N–H and O–H groups in total. The highest BCUT2D eigenvalue weighted by Gasteiger charge is 2.19. The standard InChI is InChI=1S/C35H21N3S/c1-3-11-22(12-4-1)28-21-29(23-13-5-2-6-14-23)38-35(37-28)34-26-19-20-31-33(25-16-8-10-18-30(25)39-31)32(26)24-15-7-9-17-27(24)36-34/h1-21H. The van der Waals surface area contributed by atoms with Gasteiger partial charge in [0.15, 0.2) is 5.82 Å². The molecular weight excluding hydrogens is 494 g/mol. The van der Waals surface area contributed by atoms with Crippen molar-refractivity contribution in [1.82, 2.24) is 15.0 Å². The lowest BCUT2D eigenvalue weighted by atomic mass is 9.98. The highest BCUT2D eigenvalue weighted by atomic mass is 32.1. The average Bonchev–Trinajstić information content (AvgIpc) is 3.40. The molecule has 0 aliphatic carbocycles. The Bertz CT molecular complexity index is 2110. The number of thiophene rings is 1. The molecule has 0 spiro atoms. The fraction of sp³-hybridized carbons (Fsp3) is 0. The number of benzene rings is 5. The van der Waals surface area contributed by atoms with Gasteiger partial charge in [-0.05, 0) is 24.3 Å². The Hall–Kier alpha value is -4.93. The lowest BCUT2D eigenvalue weighted by Gasteiger charge is -2.13. The molecule has 3 heterocycles. The second-order valence-electron chi connectivity index (χ2n) is 9.63. The van der Waals surface area contributed by atoms with E-state index in [2.05, 4.69) is 84.9 Å². The first kappa shape index (κ1) is 22.1. The molecular formula is C35H21N3S. The third-order valence-corrected chi connectivity index (χ3v) is 8.42. The summed E-state index contributed by atoms with van der Waals surface area (Å²) in [6.07, 6.45) is 0. The quantitative estimate of drug-likeness (QED) is 0.220. The molecule has 0 fully saturated rings. The molecule has 0 saturated carbocycles. The number of hydrogen-bond donors (Lipinski definition) is 0. The molecule has 8 rings (SSSR count). The van der Waals surface area contributed by atoms with Gasteiger partial charge in [-0.2, -0.15) is 0 Å². The number of fused-ring (bicyclic) bond motifs is 7. The highest BCUT2D eigenvalue weighted by molar-refractivity contribution is 7.26. The second kappa shape index (κ2) is 8.83. The SMILES string of the molecule is c1ccc(-c2cc(-c3ccccc3)nc(-c3nc4ccccc4c4c3ccc3sc5ccccc5c34)n2)cc1. The second-order valence-corrected chi connectivity index (χ2v) is 10.7. The van der Waals surface area contributed by atoms with Crippen molar-refractivity contribution < 1.29 is 0 Å². The van der Waals surface area contributed by atoms with Crippen LogP contribution in [0.4, 0.5) is 0 Å². The summed E-state index contributed by atoms with van der Waals surface area (Å²) in [5.74, 6) is 0.629. The van der Waals surface area contributed by atoms with Gasteiger partial charge in [0, 0.05) is 47.5 Å². The first-order valence-electron chi connectivity index (χ1n) is 13.0. The molecule has 0 unspecified atom stereocenters. The molecule has 0 aliphatic rings. The topological polar surface area (TPSA) is 38.7 Å². The molecule has 0 atom stereocenters. The van der Waals surface area contributed by atoms with Gasteiger partial charge in [-0.15, -0.1) is 11.3 Å². The van der Waals surface area contributed by atoms with E-state index in [1.54, 1.807) is 0 Å². The van der Waals surface area contributed by atoms with Gasteiger partial charge in [-0.25, -0.2) is 15.0 Å². The summed E-state index contributed by atoms with van der Waals surface area (Å²) in [5.41, 5.74) is 5.60. The minimum absolute atomic E-state index is 0.629. The maximum atomic E-state index is 5.19. The number of aromatic nitrogens is 3. The highest BCUT2D eigenvalue weighted by Crippen LogP contribution is 2.43. The molecule has 5 aromatic carbocycles. The van der Waals surface area contributed by atoms with Crippen LogP contribution in [0.2, 0.25) is 0 Å². The lowest BCUT2D eigenvalue weighted by molar-refractivity contribution is 1.16. The Morgan fingerprint density at radius 3 is 1.77 bits per heavy atom. The van der Waals surface area contributed by atoms with Crippen LogP contribution in [0.3, 0.4) is 0 Å². The van der Waals surface area contributed by atoms with Gasteiger partial charge in [0.25, 0.3) is 0 Å². The Morgan fingerprint density at radius 1 is 0.436 bits per heavy atom. The van der Waals surface area contributed by atoms with Crippen molar-refractivity contribution in [2.24, 2.45) is 0 Å². The van der Waals surface area contributed by atoms with Crippen LogP contribution in [0.1, 0.15) is 0 Å². The average molecular weight is 516 g/mol.